The third-order valence-corrected chi connectivity index (χ3v) is 4.87. The van der Waals surface area contributed by atoms with Crippen molar-refractivity contribution in [3.63, 3.8) is 0 Å². The monoisotopic (exact) mass is 366 g/mol. The molecule has 1 aliphatic heterocycles. The summed E-state index contributed by atoms with van der Waals surface area (Å²) in [5, 5.41) is 0. The third-order valence-electron chi connectivity index (χ3n) is 4.87. The fourth-order valence-electron chi connectivity index (χ4n) is 3.26. The summed E-state index contributed by atoms with van der Waals surface area (Å²) in [6.45, 7) is 6.62. The summed E-state index contributed by atoms with van der Waals surface area (Å²) in [6.07, 6.45) is -0.0784. The van der Waals surface area contributed by atoms with Crippen molar-refractivity contribution in [3.05, 3.63) is 60.2 Å². The summed E-state index contributed by atoms with van der Waals surface area (Å²) in [5.41, 5.74) is 1.86. The SMILES string of the molecule is CCC(=O)c1ccc(OC(C)C(=O)N2CCN(c3ccccc3)CC2)cc1. The van der Waals surface area contributed by atoms with Crippen LogP contribution in [-0.2, 0) is 4.79 Å². The lowest BCUT2D eigenvalue weighted by Gasteiger charge is -2.37. The van der Waals surface area contributed by atoms with Crippen molar-refractivity contribution in [1.82, 2.24) is 4.90 Å². The highest BCUT2D eigenvalue weighted by Gasteiger charge is 2.26. The molecule has 2 aromatic rings. The number of carbonyl (C=O) groups is 2. The van der Waals surface area contributed by atoms with Crippen LogP contribution in [0.15, 0.2) is 54.6 Å². The van der Waals surface area contributed by atoms with E-state index in [-0.39, 0.29) is 11.7 Å². The number of ether oxygens (including phenoxy) is 1. The first kappa shape index (κ1) is 19.0. The van der Waals surface area contributed by atoms with Gasteiger partial charge in [-0.3, -0.25) is 9.59 Å². The summed E-state index contributed by atoms with van der Waals surface area (Å²) in [4.78, 5) is 28.5. The van der Waals surface area contributed by atoms with E-state index in [0.29, 0.717) is 30.8 Å². The van der Waals surface area contributed by atoms with E-state index in [0.717, 1.165) is 13.1 Å². The summed E-state index contributed by atoms with van der Waals surface area (Å²) < 4.78 is 5.79. The minimum Gasteiger partial charge on any atom is -0.481 e. The molecule has 0 saturated carbocycles. The van der Waals surface area contributed by atoms with E-state index >= 15 is 0 Å². The molecule has 3 rings (SSSR count). The Kier molecular flexibility index (Phi) is 6.12. The Morgan fingerprint density at radius 3 is 2.19 bits per heavy atom. The van der Waals surface area contributed by atoms with Gasteiger partial charge in [-0.15, -0.1) is 0 Å². The average molecular weight is 366 g/mol. The number of hydrogen-bond donors (Lipinski definition) is 0. The van der Waals surface area contributed by atoms with E-state index in [2.05, 4.69) is 17.0 Å². The number of carbonyl (C=O) groups excluding carboxylic acids is 2. The van der Waals surface area contributed by atoms with Crippen LogP contribution >= 0.6 is 0 Å². The molecule has 142 valence electrons. The lowest BCUT2D eigenvalue weighted by Crippen LogP contribution is -2.52. The van der Waals surface area contributed by atoms with Crippen LogP contribution in [0.4, 0.5) is 5.69 Å². The second kappa shape index (κ2) is 8.71. The van der Waals surface area contributed by atoms with Gasteiger partial charge in [0.1, 0.15) is 5.75 Å². The fraction of sp³-hybridized carbons (Fsp3) is 0.364. The molecule has 27 heavy (non-hydrogen) atoms. The van der Waals surface area contributed by atoms with E-state index < -0.39 is 6.10 Å². The number of para-hydroxylation sites is 1. The zero-order valence-electron chi connectivity index (χ0n) is 15.9. The third kappa shape index (κ3) is 4.67. The van der Waals surface area contributed by atoms with E-state index in [9.17, 15) is 9.59 Å². The molecule has 5 heteroatoms. The Balaban J connectivity index is 1.53. The maximum atomic E-state index is 12.7. The van der Waals surface area contributed by atoms with Crippen molar-refractivity contribution >= 4 is 17.4 Å². The van der Waals surface area contributed by atoms with Gasteiger partial charge >= 0.3 is 0 Å². The lowest BCUT2D eigenvalue weighted by molar-refractivity contribution is -0.138. The molecule has 1 unspecified atom stereocenters. The van der Waals surface area contributed by atoms with E-state index in [1.165, 1.54) is 5.69 Å². The van der Waals surface area contributed by atoms with Gasteiger partial charge in [0, 0.05) is 43.9 Å². The second-order valence-electron chi connectivity index (χ2n) is 6.71. The molecule has 5 nitrogen and oxygen atoms in total. The van der Waals surface area contributed by atoms with Gasteiger partial charge < -0.3 is 14.5 Å². The Bertz CT molecular complexity index is 766. The number of amides is 1. The molecule has 1 heterocycles. The van der Waals surface area contributed by atoms with Gasteiger partial charge in [-0.2, -0.15) is 0 Å². The average Bonchev–Trinajstić information content (AvgIpc) is 2.74. The van der Waals surface area contributed by atoms with Crippen molar-refractivity contribution < 1.29 is 14.3 Å². The molecule has 0 spiro atoms. The molecule has 0 N–H and O–H groups in total. The molecule has 0 aromatic heterocycles. The van der Waals surface area contributed by atoms with Crippen molar-refractivity contribution in [3.8, 4) is 5.75 Å². The lowest BCUT2D eigenvalue weighted by atomic mass is 10.1. The molecule has 1 aliphatic rings. The first-order chi connectivity index (χ1) is 13.1. The first-order valence-electron chi connectivity index (χ1n) is 9.47. The normalized spacial score (nSPS) is 15.3. The molecule has 0 bridgehead atoms. The zero-order chi connectivity index (χ0) is 19.2. The Morgan fingerprint density at radius 2 is 1.59 bits per heavy atom. The van der Waals surface area contributed by atoms with E-state index in [4.69, 9.17) is 4.74 Å². The molecule has 0 aliphatic carbocycles. The number of hydrogen-bond acceptors (Lipinski definition) is 4. The number of rotatable bonds is 6. The maximum absolute atomic E-state index is 12.7. The van der Waals surface area contributed by atoms with Crippen LogP contribution in [0.5, 0.6) is 5.75 Å². The van der Waals surface area contributed by atoms with Gasteiger partial charge in [0.25, 0.3) is 5.91 Å². The summed E-state index contributed by atoms with van der Waals surface area (Å²) in [5.74, 6) is 0.699. The van der Waals surface area contributed by atoms with Crippen molar-refractivity contribution in [2.45, 2.75) is 26.4 Å². The van der Waals surface area contributed by atoms with Crippen molar-refractivity contribution in [2.75, 3.05) is 31.1 Å². The molecule has 2 aromatic carbocycles. The molecule has 0 radical (unpaired) electrons. The molecule has 1 atom stereocenters. The second-order valence-corrected chi connectivity index (χ2v) is 6.71. The first-order valence-corrected chi connectivity index (χ1v) is 9.47. The van der Waals surface area contributed by atoms with Gasteiger partial charge in [-0.25, -0.2) is 0 Å². The van der Waals surface area contributed by atoms with Crippen LogP contribution in [0.1, 0.15) is 30.6 Å². The zero-order valence-corrected chi connectivity index (χ0v) is 15.9. The Morgan fingerprint density at radius 1 is 0.963 bits per heavy atom. The maximum Gasteiger partial charge on any atom is 0.263 e. The molecular formula is C22H26N2O3. The molecule has 1 saturated heterocycles. The smallest absolute Gasteiger partial charge is 0.263 e. The predicted molar refractivity (Wildman–Crippen MR) is 106 cm³/mol. The van der Waals surface area contributed by atoms with Crippen molar-refractivity contribution in [2.24, 2.45) is 0 Å². The van der Waals surface area contributed by atoms with Crippen LogP contribution in [-0.4, -0.2) is 48.9 Å². The highest BCUT2D eigenvalue weighted by molar-refractivity contribution is 5.95. The number of piperazine rings is 1. The summed E-state index contributed by atoms with van der Waals surface area (Å²) >= 11 is 0. The standard InChI is InChI=1S/C22H26N2O3/c1-3-21(25)18-9-11-20(12-10-18)27-17(2)22(26)24-15-13-23(14-16-24)19-7-5-4-6-8-19/h4-12,17H,3,13-16H2,1-2H3. The topological polar surface area (TPSA) is 49.9 Å². The largest absolute Gasteiger partial charge is 0.481 e. The van der Waals surface area contributed by atoms with Crippen LogP contribution in [0.2, 0.25) is 0 Å². The van der Waals surface area contributed by atoms with E-state index in [1.54, 1.807) is 31.2 Å². The molecular weight excluding hydrogens is 340 g/mol. The van der Waals surface area contributed by atoms with E-state index in [1.807, 2.05) is 30.0 Å². The van der Waals surface area contributed by atoms with Gasteiger partial charge in [0.15, 0.2) is 11.9 Å². The molecule has 1 fully saturated rings. The van der Waals surface area contributed by atoms with Crippen LogP contribution in [0, 0.1) is 0 Å². The Labute approximate surface area is 160 Å². The minimum atomic E-state index is -0.555. The van der Waals surface area contributed by atoms with Crippen LogP contribution in [0.3, 0.4) is 0 Å². The summed E-state index contributed by atoms with van der Waals surface area (Å²) in [6, 6.07) is 17.2. The number of nitrogens with zero attached hydrogens (tertiary/aromatic N) is 2. The van der Waals surface area contributed by atoms with Crippen LogP contribution < -0.4 is 9.64 Å². The van der Waals surface area contributed by atoms with Gasteiger partial charge in [0.2, 0.25) is 0 Å². The highest BCUT2D eigenvalue weighted by Crippen LogP contribution is 2.18. The van der Waals surface area contributed by atoms with Crippen LogP contribution in [0.25, 0.3) is 0 Å². The highest BCUT2D eigenvalue weighted by atomic mass is 16.5. The Hall–Kier alpha value is -2.82. The minimum absolute atomic E-state index is 0.00331. The number of benzene rings is 2. The number of anilines is 1. The predicted octanol–water partition coefficient (Wildman–Crippen LogP) is 3.40. The van der Waals surface area contributed by atoms with Gasteiger partial charge in [-0.05, 0) is 43.3 Å². The van der Waals surface area contributed by atoms with Gasteiger partial charge in [0.05, 0.1) is 0 Å². The fourth-order valence-corrected chi connectivity index (χ4v) is 3.26. The van der Waals surface area contributed by atoms with Gasteiger partial charge in [-0.1, -0.05) is 25.1 Å². The number of ketones is 1. The molecule has 1 amide bonds. The van der Waals surface area contributed by atoms with Crippen molar-refractivity contribution in [1.29, 1.82) is 0 Å². The quantitative estimate of drug-likeness (QED) is 0.736. The number of Topliss-reactive ketones (excluding diaryl/α,β-unsaturated/α-hetero) is 1. The summed E-state index contributed by atoms with van der Waals surface area (Å²) in [7, 11) is 0.